The number of carbonyl (C=O) groups is 1. The van der Waals surface area contributed by atoms with Crippen molar-refractivity contribution in [3.05, 3.63) is 65.0 Å². The number of hydrogen-bond donors (Lipinski definition) is 1. The third kappa shape index (κ3) is 5.63. The summed E-state index contributed by atoms with van der Waals surface area (Å²) in [5.41, 5.74) is 4.19. The van der Waals surface area contributed by atoms with Crippen molar-refractivity contribution in [2.24, 2.45) is 5.92 Å². The van der Waals surface area contributed by atoms with Crippen molar-refractivity contribution in [1.82, 2.24) is 10.2 Å². The number of anilines is 1. The van der Waals surface area contributed by atoms with E-state index < -0.39 is 0 Å². The molecule has 0 aliphatic rings. The van der Waals surface area contributed by atoms with E-state index in [-0.39, 0.29) is 23.7 Å². The average molecular weight is 426 g/mol. The summed E-state index contributed by atoms with van der Waals surface area (Å²) in [6.45, 7) is 10.2. The lowest BCUT2D eigenvalue weighted by atomic mass is 10.1. The summed E-state index contributed by atoms with van der Waals surface area (Å²) >= 11 is 1.27. The Morgan fingerprint density at radius 1 is 1.10 bits per heavy atom. The number of aryl methyl sites for hydroxylation is 2. The smallest absolute Gasteiger partial charge is 0.277 e. The third-order valence-corrected chi connectivity index (χ3v) is 6.16. The summed E-state index contributed by atoms with van der Waals surface area (Å²) in [6.07, 6.45) is 0. The van der Waals surface area contributed by atoms with Gasteiger partial charge in [0.1, 0.15) is 5.75 Å². The topological polar surface area (TPSA) is 77.2 Å². The second kappa shape index (κ2) is 9.80. The van der Waals surface area contributed by atoms with Gasteiger partial charge >= 0.3 is 0 Å². The van der Waals surface area contributed by atoms with Gasteiger partial charge in [-0.1, -0.05) is 55.4 Å². The summed E-state index contributed by atoms with van der Waals surface area (Å²) in [4.78, 5) is 12.9. The zero-order valence-corrected chi connectivity index (χ0v) is 18.7. The van der Waals surface area contributed by atoms with Gasteiger partial charge in [0.2, 0.25) is 5.91 Å². The molecular weight excluding hydrogens is 398 g/mol. The summed E-state index contributed by atoms with van der Waals surface area (Å²) in [5.74, 6) is 1.11. The fourth-order valence-electron chi connectivity index (χ4n) is 2.82. The van der Waals surface area contributed by atoms with Crippen LogP contribution in [0, 0.1) is 26.7 Å². The highest BCUT2D eigenvalue weighted by Gasteiger charge is 2.26. The number of thioether (sulfide) groups is 1. The average Bonchev–Trinajstić information content (AvgIpc) is 3.16. The summed E-state index contributed by atoms with van der Waals surface area (Å²) in [7, 11) is 0. The molecule has 2 aromatic carbocycles. The summed E-state index contributed by atoms with van der Waals surface area (Å²) < 4.78 is 11.4. The highest BCUT2D eigenvalue weighted by Crippen LogP contribution is 2.29. The highest BCUT2D eigenvalue weighted by molar-refractivity contribution is 8.00. The van der Waals surface area contributed by atoms with Crippen LogP contribution < -0.4 is 10.1 Å². The van der Waals surface area contributed by atoms with E-state index in [1.807, 2.05) is 77.1 Å². The largest absolute Gasteiger partial charge is 0.484 e. The van der Waals surface area contributed by atoms with E-state index in [1.54, 1.807) is 0 Å². The lowest BCUT2D eigenvalue weighted by molar-refractivity contribution is -0.116. The maximum Gasteiger partial charge on any atom is 0.277 e. The molecule has 1 heterocycles. The maximum atomic E-state index is 12.9. The van der Waals surface area contributed by atoms with Gasteiger partial charge in [-0.3, -0.25) is 4.79 Å². The summed E-state index contributed by atoms with van der Waals surface area (Å²) in [5, 5.41) is 11.1. The molecule has 3 aromatic rings. The molecule has 1 atom stereocenters. The number of ether oxygens (including phenoxy) is 1. The van der Waals surface area contributed by atoms with Gasteiger partial charge < -0.3 is 14.5 Å². The van der Waals surface area contributed by atoms with Crippen LogP contribution in [0.1, 0.15) is 36.4 Å². The molecule has 6 nitrogen and oxygen atoms in total. The molecule has 1 aromatic heterocycles. The fourth-order valence-corrected chi connectivity index (χ4v) is 3.70. The number of amides is 1. The van der Waals surface area contributed by atoms with Crippen molar-refractivity contribution in [1.29, 1.82) is 0 Å². The first kappa shape index (κ1) is 21.9. The molecule has 0 aliphatic heterocycles. The van der Waals surface area contributed by atoms with E-state index in [0.717, 1.165) is 28.1 Å². The Morgan fingerprint density at radius 3 is 2.53 bits per heavy atom. The number of carbonyl (C=O) groups excluding carboxylic acids is 1. The Morgan fingerprint density at radius 2 is 1.83 bits per heavy atom. The number of nitrogens with zero attached hydrogens (tertiary/aromatic N) is 2. The Bertz CT molecular complexity index is 999. The zero-order valence-electron chi connectivity index (χ0n) is 17.9. The van der Waals surface area contributed by atoms with Crippen molar-refractivity contribution in [3.8, 4) is 5.75 Å². The second-order valence-electron chi connectivity index (χ2n) is 7.58. The normalized spacial score (nSPS) is 12.1. The van der Waals surface area contributed by atoms with Crippen LogP contribution in [0.5, 0.6) is 5.75 Å². The SMILES string of the molecule is Cc1ccc(OCc2nnc(SC(C(=O)Nc3cccc(C)c3C)C(C)C)o2)cc1. The van der Waals surface area contributed by atoms with Crippen LogP contribution in [-0.4, -0.2) is 21.4 Å². The van der Waals surface area contributed by atoms with Gasteiger partial charge in [-0.15, -0.1) is 10.2 Å². The minimum atomic E-state index is -0.365. The third-order valence-electron chi connectivity index (χ3n) is 4.79. The molecule has 1 amide bonds. The molecule has 0 bridgehead atoms. The summed E-state index contributed by atoms with van der Waals surface area (Å²) in [6, 6.07) is 13.6. The molecule has 158 valence electrons. The first-order chi connectivity index (χ1) is 14.3. The molecule has 0 radical (unpaired) electrons. The van der Waals surface area contributed by atoms with Gasteiger partial charge in [-0.05, 0) is 56.0 Å². The van der Waals surface area contributed by atoms with Crippen LogP contribution >= 0.6 is 11.8 Å². The number of aromatic nitrogens is 2. The quantitative estimate of drug-likeness (QED) is 0.492. The monoisotopic (exact) mass is 425 g/mol. The predicted molar refractivity (Wildman–Crippen MR) is 119 cm³/mol. The Labute approximate surface area is 181 Å². The Hall–Kier alpha value is -2.80. The van der Waals surface area contributed by atoms with Crippen molar-refractivity contribution in [2.45, 2.75) is 51.7 Å². The van der Waals surface area contributed by atoms with Crippen molar-refractivity contribution < 1.29 is 13.9 Å². The first-order valence-corrected chi connectivity index (χ1v) is 10.8. The van der Waals surface area contributed by atoms with E-state index in [4.69, 9.17) is 9.15 Å². The van der Waals surface area contributed by atoms with Gasteiger partial charge in [-0.2, -0.15) is 0 Å². The zero-order chi connectivity index (χ0) is 21.7. The van der Waals surface area contributed by atoms with Crippen molar-refractivity contribution >= 4 is 23.4 Å². The molecule has 0 spiro atoms. The number of rotatable bonds is 8. The Balaban J connectivity index is 1.63. The van der Waals surface area contributed by atoms with Crippen LogP contribution in [-0.2, 0) is 11.4 Å². The highest BCUT2D eigenvalue weighted by atomic mass is 32.2. The van der Waals surface area contributed by atoms with E-state index >= 15 is 0 Å². The first-order valence-electron chi connectivity index (χ1n) is 9.89. The van der Waals surface area contributed by atoms with Gasteiger partial charge in [0, 0.05) is 5.69 Å². The standard InChI is InChI=1S/C23H27N3O3S/c1-14(2)21(22(27)24-19-8-6-7-16(4)17(19)5)30-23-26-25-20(29-23)13-28-18-11-9-15(3)10-12-18/h6-12,14,21H,13H2,1-5H3,(H,24,27). The van der Waals surface area contributed by atoms with Gasteiger partial charge in [0.15, 0.2) is 6.61 Å². The number of benzene rings is 2. The van der Waals surface area contributed by atoms with Crippen LogP contribution in [0.4, 0.5) is 5.69 Å². The molecule has 0 aliphatic carbocycles. The van der Waals surface area contributed by atoms with Crippen LogP contribution in [0.2, 0.25) is 0 Å². The predicted octanol–water partition coefficient (Wildman–Crippen LogP) is 5.33. The fraction of sp³-hybridized carbons (Fsp3) is 0.348. The Kier molecular flexibility index (Phi) is 7.15. The molecule has 1 N–H and O–H groups in total. The lowest BCUT2D eigenvalue weighted by Gasteiger charge is -2.19. The van der Waals surface area contributed by atoms with E-state index in [2.05, 4.69) is 15.5 Å². The van der Waals surface area contributed by atoms with Crippen LogP contribution in [0.3, 0.4) is 0 Å². The lowest BCUT2D eigenvalue weighted by Crippen LogP contribution is -2.30. The van der Waals surface area contributed by atoms with Gasteiger partial charge in [0.25, 0.3) is 11.1 Å². The van der Waals surface area contributed by atoms with Crippen molar-refractivity contribution in [3.63, 3.8) is 0 Å². The van der Waals surface area contributed by atoms with E-state index in [9.17, 15) is 4.79 Å². The second-order valence-corrected chi connectivity index (χ2v) is 8.68. The van der Waals surface area contributed by atoms with Gasteiger partial charge in [-0.25, -0.2) is 0 Å². The van der Waals surface area contributed by atoms with E-state index in [0.29, 0.717) is 11.1 Å². The molecule has 3 rings (SSSR count). The van der Waals surface area contributed by atoms with Crippen LogP contribution in [0.25, 0.3) is 0 Å². The molecule has 30 heavy (non-hydrogen) atoms. The molecule has 7 heteroatoms. The molecule has 0 saturated carbocycles. The number of hydrogen-bond acceptors (Lipinski definition) is 6. The molecule has 0 saturated heterocycles. The maximum absolute atomic E-state index is 12.9. The minimum Gasteiger partial charge on any atom is -0.484 e. The molecule has 0 fully saturated rings. The molecule has 1 unspecified atom stereocenters. The van der Waals surface area contributed by atoms with Gasteiger partial charge in [0.05, 0.1) is 5.25 Å². The number of nitrogens with one attached hydrogen (secondary N) is 1. The van der Waals surface area contributed by atoms with Crippen molar-refractivity contribution in [2.75, 3.05) is 5.32 Å². The van der Waals surface area contributed by atoms with Crippen LogP contribution in [0.15, 0.2) is 52.1 Å². The minimum absolute atomic E-state index is 0.0827. The molecular formula is C23H27N3O3S. The van der Waals surface area contributed by atoms with E-state index in [1.165, 1.54) is 11.8 Å².